The highest BCUT2D eigenvalue weighted by Crippen LogP contribution is 2.15. The number of nitrogens with one attached hydrogen (secondary N) is 2. The Bertz CT molecular complexity index is 490. The maximum absolute atomic E-state index is 4.32. The molecule has 1 unspecified atom stereocenters. The van der Waals surface area contributed by atoms with E-state index in [1.165, 1.54) is 38.0 Å². The molecule has 0 aliphatic carbocycles. The summed E-state index contributed by atoms with van der Waals surface area (Å²) >= 11 is 0. The van der Waals surface area contributed by atoms with Crippen LogP contribution in [0.2, 0.25) is 0 Å². The highest BCUT2D eigenvalue weighted by atomic mass is 127. The number of guanidine groups is 1. The summed E-state index contributed by atoms with van der Waals surface area (Å²) in [6, 6.07) is 10.8. The Balaban J connectivity index is 0.00000312. The Morgan fingerprint density at radius 2 is 2.00 bits per heavy atom. The first-order valence-electron chi connectivity index (χ1n) is 9.38. The molecule has 1 aliphatic heterocycles. The van der Waals surface area contributed by atoms with Crippen molar-refractivity contribution in [3.63, 3.8) is 0 Å². The summed E-state index contributed by atoms with van der Waals surface area (Å²) in [5.41, 5.74) is 1.44. The van der Waals surface area contributed by atoms with Gasteiger partial charge in [-0.15, -0.1) is 24.0 Å². The molecular formula is C20H35IN4. The average molecular weight is 458 g/mol. The van der Waals surface area contributed by atoms with E-state index in [1.807, 2.05) is 7.05 Å². The molecule has 0 spiro atoms. The Kier molecular flexibility index (Phi) is 11.1. The Morgan fingerprint density at radius 1 is 1.24 bits per heavy atom. The van der Waals surface area contributed by atoms with Gasteiger partial charge in [-0.2, -0.15) is 0 Å². The molecule has 1 heterocycles. The summed E-state index contributed by atoms with van der Waals surface area (Å²) in [6.07, 6.45) is 3.61. The van der Waals surface area contributed by atoms with Gasteiger partial charge in [0.1, 0.15) is 0 Å². The zero-order chi connectivity index (χ0) is 17.2. The molecule has 0 aromatic heterocycles. The average Bonchev–Trinajstić information content (AvgIpc) is 3.04. The van der Waals surface area contributed by atoms with E-state index in [4.69, 9.17) is 0 Å². The molecule has 0 bridgehead atoms. The number of hydrogen-bond donors (Lipinski definition) is 2. The number of rotatable bonds is 8. The Labute approximate surface area is 170 Å². The molecular weight excluding hydrogens is 423 g/mol. The smallest absolute Gasteiger partial charge is 0.190 e. The first-order valence-corrected chi connectivity index (χ1v) is 9.38. The van der Waals surface area contributed by atoms with Gasteiger partial charge in [-0.05, 0) is 43.2 Å². The van der Waals surface area contributed by atoms with Crippen molar-refractivity contribution in [1.82, 2.24) is 15.5 Å². The largest absolute Gasteiger partial charge is 0.356 e. The molecule has 0 saturated carbocycles. The van der Waals surface area contributed by atoms with Crippen molar-refractivity contribution in [1.29, 1.82) is 0 Å². The van der Waals surface area contributed by atoms with Crippen LogP contribution in [-0.4, -0.2) is 50.6 Å². The van der Waals surface area contributed by atoms with Crippen LogP contribution in [0.1, 0.15) is 32.3 Å². The second kappa shape index (κ2) is 12.5. The summed E-state index contributed by atoms with van der Waals surface area (Å²) in [7, 11) is 1.85. The minimum atomic E-state index is 0. The standard InChI is InChI=1S/C20H34N4.HI/c1-17(2)9-12-22-20(21-3)23-15-19-11-14-24(16-19)13-10-18-7-5-4-6-8-18;/h4-8,17,19H,9-16H2,1-3H3,(H2,21,22,23);1H. The first kappa shape index (κ1) is 22.2. The fourth-order valence-electron chi connectivity index (χ4n) is 3.16. The molecule has 1 atom stereocenters. The number of halogens is 1. The zero-order valence-electron chi connectivity index (χ0n) is 16.0. The molecule has 4 nitrogen and oxygen atoms in total. The lowest BCUT2D eigenvalue weighted by molar-refractivity contribution is 0.328. The summed E-state index contributed by atoms with van der Waals surface area (Å²) < 4.78 is 0. The third-order valence-electron chi connectivity index (χ3n) is 4.73. The van der Waals surface area contributed by atoms with Gasteiger partial charge >= 0.3 is 0 Å². The summed E-state index contributed by atoms with van der Waals surface area (Å²) in [5, 5.41) is 6.90. The van der Waals surface area contributed by atoms with Gasteiger partial charge in [0, 0.05) is 33.2 Å². The lowest BCUT2D eigenvalue weighted by atomic mass is 10.1. The van der Waals surface area contributed by atoms with Crippen LogP contribution in [0.5, 0.6) is 0 Å². The van der Waals surface area contributed by atoms with Crippen LogP contribution in [0.4, 0.5) is 0 Å². The molecule has 1 saturated heterocycles. The van der Waals surface area contributed by atoms with Gasteiger partial charge in [-0.3, -0.25) is 4.99 Å². The zero-order valence-corrected chi connectivity index (χ0v) is 18.3. The van der Waals surface area contributed by atoms with Crippen LogP contribution >= 0.6 is 24.0 Å². The van der Waals surface area contributed by atoms with Gasteiger partial charge in [0.25, 0.3) is 0 Å². The van der Waals surface area contributed by atoms with Crippen molar-refractivity contribution < 1.29 is 0 Å². The molecule has 2 N–H and O–H groups in total. The van der Waals surface area contributed by atoms with Crippen molar-refractivity contribution in [2.24, 2.45) is 16.8 Å². The van der Waals surface area contributed by atoms with Gasteiger partial charge in [0.15, 0.2) is 5.96 Å². The lowest BCUT2D eigenvalue weighted by Crippen LogP contribution is -2.40. The van der Waals surface area contributed by atoms with Crippen molar-refractivity contribution in [3.8, 4) is 0 Å². The van der Waals surface area contributed by atoms with Crippen LogP contribution in [0, 0.1) is 11.8 Å². The topological polar surface area (TPSA) is 39.7 Å². The van der Waals surface area contributed by atoms with Crippen LogP contribution in [0.3, 0.4) is 0 Å². The maximum Gasteiger partial charge on any atom is 0.190 e. The molecule has 2 rings (SSSR count). The van der Waals surface area contributed by atoms with Crippen molar-refractivity contribution in [2.75, 3.05) is 39.8 Å². The number of benzene rings is 1. The summed E-state index contributed by atoms with van der Waals surface area (Å²) in [6.45, 7) is 10.1. The van der Waals surface area contributed by atoms with E-state index in [0.717, 1.165) is 37.3 Å². The minimum absolute atomic E-state index is 0. The molecule has 1 aromatic rings. The first-order chi connectivity index (χ1) is 11.7. The van der Waals surface area contributed by atoms with Crippen LogP contribution in [-0.2, 0) is 6.42 Å². The fraction of sp³-hybridized carbons (Fsp3) is 0.650. The predicted molar refractivity (Wildman–Crippen MR) is 119 cm³/mol. The minimum Gasteiger partial charge on any atom is -0.356 e. The Hall–Kier alpha value is -0.820. The van der Waals surface area contributed by atoms with Gasteiger partial charge in [-0.1, -0.05) is 44.2 Å². The van der Waals surface area contributed by atoms with E-state index in [2.05, 4.69) is 64.7 Å². The van der Waals surface area contributed by atoms with E-state index < -0.39 is 0 Å². The lowest BCUT2D eigenvalue weighted by Gasteiger charge is -2.18. The van der Waals surface area contributed by atoms with Gasteiger partial charge < -0.3 is 15.5 Å². The number of aliphatic imine (C=N–C) groups is 1. The quantitative estimate of drug-likeness (QED) is 0.357. The third-order valence-corrected chi connectivity index (χ3v) is 4.73. The van der Waals surface area contributed by atoms with Crippen LogP contribution < -0.4 is 10.6 Å². The van der Waals surface area contributed by atoms with Crippen LogP contribution in [0.25, 0.3) is 0 Å². The molecule has 0 radical (unpaired) electrons. The second-order valence-electron chi connectivity index (χ2n) is 7.25. The molecule has 25 heavy (non-hydrogen) atoms. The SMILES string of the molecule is CN=C(NCCC(C)C)NCC1CCN(CCc2ccccc2)C1.I. The van der Waals surface area contributed by atoms with Gasteiger partial charge in [-0.25, -0.2) is 0 Å². The van der Waals surface area contributed by atoms with Gasteiger partial charge in [0.2, 0.25) is 0 Å². The highest BCUT2D eigenvalue weighted by molar-refractivity contribution is 14.0. The van der Waals surface area contributed by atoms with E-state index in [-0.39, 0.29) is 24.0 Å². The molecule has 1 aliphatic rings. The number of nitrogens with zero attached hydrogens (tertiary/aromatic N) is 2. The van der Waals surface area contributed by atoms with Crippen molar-refractivity contribution in [2.45, 2.75) is 33.1 Å². The van der Waals surface area contributed by atoms with Crippen molar-refractivity contribution >= 4 is 29.9 Å². The molecule has 1 fully saturated rings. The third kappa shape index (κ3) is 8.90. The normalized spacial score (nSPS) is 18.2. The number of hydrogen-bond acceptors (Lipinski definition) is 2. The van der Waals surface area contributed by atoms with Crippen molar-refractivity contribution in [3.05, 3.63) is 35.9 Å². The van der Waals surface area contributed by atoms with Crippen LogP contribution in [0.15, 0.2) is 35.3 Å². The number of likely N-dealkylation sites (tertiary alicyclic amines) is 1. The second-order valence-corrected chi connectivity index (χ2v) is 7.25. The molecule has 1 aromatic carbocycles. The summed E-state index contributed by atoms with van der Waals surface area (Å²) in [5.74, 6) is 2.39. The monoisotopic (exact) mass is 458 g/mol. The summed E-state index contributed by atoms with van der Waals surface area (Å²) in [4.78, 5) is 6.91. The fourth-order valence-corrected chi connectivity index (χ4v) is 3.16. The van der Waals surface area contributed by atoms with E-state index in [0.29, 0.717) is 0 Å². The molecule has 0 amide bonds. The van der Waals surface area contributed by atoms with Gasteiger partial charge in [0.05, 0.1) is 0 Å². The molecule has 142 valence electrons. The highest BCUT2D eigenvalue weighted by Gasteiger charge is 2.22. The van der Waals surface area contributed by atoms with E-state index >= 15 is 0 Å². The maximum atomic E-state index is 4.32. The predicted octanol–water partition coefficient (Wildman–Crippen LogP) is 3.38. The Morgan fingerprint density at radius 3 is 2.68 bits per heavy atom. The van der Waals surface area contributed by atoms with E-state index in [1.54, 1.807) is 0 Å². The molecule has 5 heteroatoms. The van der Waals surface area contributed by atoms with E-state index in [9.17, 15) is 0 Å².